The maximum Gasteiger partial charge on any atom is 0.122 e. The first kappa shape index (κ1) is 11.4. The van der Waals surface area contributed by atoms with E-state index in [0.29, 0.717) is 5.75 Å². The molecular formula is C13H19NO2. The summed E-state index contributed by atoms with van der Waals surface area (Å²) < 4.78 is 5.31. The van der Waals surface area contributed by atoms with Gasteiger partial charge in [-0.2, -0.15) is 0 Å². The molecule has 0 amide bonds. The third-order valence-corrected chi connectivity index (χ3v) is 3.02. The number of nitrogens with zero attached hydrogens (tertiary/aromatic N) is 1. The highest BCUT2D eigenvalue weighted by molar-refractivity contribution is 5.42. The van der Waals surface area contributed by atoms with Crippen LogP contribution in [0.2, 0.25) is 0 Å². The summed E-state index contributed by atoms with van der Waals surface area (Å²) in [4.78, 5) is 2.32. The summed E-state index contributed by atoms with van der Waals surface area (Å²) >= 11 is 0. The molecule has 0 aliphatic carbocycles. The van der Waals surface area contributed by atoms with E-state index in [1.54, 1.807) is 0 Å². The Morgan fingerprint density at radius 3 is 2.62 bits per heavy atom. The van der Waals surface area contributed by atoms with Gasteiger partial charge in [-0.05, 0) is 19.4 Å². The predicted octanol–water partition coefficient (Wildman–Crippen LogP) is 1.84. The zero-order valence-corrected chi connectivity index (χ0v) is 9.99. The number of morpholine rings is 1. The maximum absolute atomic E-state index is 9.99. The number of hydrogen-bond acceptors (Lipinski definition) is 3. The summed E-state index contributed by atoms with van der Waals surface area (Å²) in [5.74, 6) is 0.442. The van der Waals surface area contributed by atoms with Crippen molar-refractivity contribution in [2.45, 2.75) is 20.4 Å². The Labute approximate surface area is 96.6 Å². The van der Waals surface area contributed by atoms with Crippen LogP contribution in [0.5, 0.6) is 5.75 Å². The molecule has 0 bridgehead atoms. The van der Waals surface area contributed by atoms with Gasteiger partial charge in [-0.3, -0.25) is 4.90 Å². The topological polar surface area (TPSA) is 32.7 Å². The number of ether oxygens (including phenoxy) is 1. The van der Waals surface area contributed by atoms with E-state index in [0.717, 1.165) is 44.0 Å². The zero-order chi connectivity index (χ0) is 11.5. The third kappa shape index (κ3) is 2.54. The largest absolute Gasteiger partial charge is 0.507 e. The lowest BCUT2D eigenvalue weighted by Gasteiger charge is -2.27. The van der Waals surface area contributed by atoms with Gasteiger partial charge in [-0.15, -0.1) is 0 Å². The summed E-state index contributed by atoms with van der Waals surface area (Å²) in [6, 6.07) is 4.08. The van der Waals surface area contributed by atoms with Crippen LogP contribution in [0.4, 0.5) is 0 Å². The summed E-state index contributed by atoms with van der Waals surface area (Å²) in [6.07, 6.45) is 0. The number of rotatable bonds is 2. The molecule has 3 heteroatoms. The van der Waals surface area contributed by atoms with Crippen molar-refractivity contribution in [1.82, 2.24) is 4.90 Å². The van der Waals surface area contributed by atoms with Crippen molar-refractivity contribution in [3.05, 3.63) is 28.8 Å². The van der Waals surface area contributed by atoms with E-state index >= 15 is 0 Å². The predicted molar refractivity (Wildman–Crippen MR) is 63.7 cm³/mol. The number of aryl methyl sites for hydroxylation is 2. The number of benzene rings is 1. The van der Waals surface area contributed by atoms with E-state index in [2.05, 4.69) is 17.9 Å². The highest BCUT2D eigenvalue weighted by Crippen LogP contribution is 2.25. The number of phenols is 1. The van der Waals surface area contributed by atoms with Crippen LogP contribution in [0.25, 0.3) is 0 Å². The molecule has 1 saturated heterocycles. The van der Waals surface area contributed by atoms with Gasteiger partial charge in [-0.1, -0.05) is 17.7 Å². The lowest BCUT2D eigenvalue weighted by Crippen LogP contribution is -2.35. The van der Waals surface area contributed by atoms with Crippen molar-refractivity contribution in [3.63, 3.8) is 0 Å². The average Bonchev–Trinajstić information content (AvgIpc) is 2.27. The molecule has 0 radical (unpaired) electrons. The van der Waals surface area contributed by atoms with E-state index in [-0.39, 0.29) is 0 Å². The number of hydrogen-bond donors (Lipinski definition) is 1. The Morgan fingerprint density at radius 2 is 1.94 bits per heavy atom. The fourth-order valence-electron chi connectivity index (χ4n) is 2.17. The molecule has 1 aliphatic heterocycles. The monoisotopic (exact) mass is 221 g/mol. The van der Waals surface area contributed by atoms with Crippen molar-refractivity contribution in [2.24, 2.45) is 0 Å². The van der Waals surface area contributed by atoms with Gasteiger partial charge < -0.3 is 9.84 Å². The number of phenolic OH excluding ortho intramolecular Hbond substituents is 1. The molecule has 16 heavy (non-hydrogen) atoms. The van der Waals surface area contributed by atoms with E-state index < -0.39 is 0 Å². The van der Waals surface area contributed by atoms with Gasteiger partial charge in [0.25, 0.3) is 0 Å². The van der Waals surface area contributed by atoms with Gasteiger partial charge in [-0.25, -0.2) is 0 Å². The van der Waals surface area contributed by atoms with Crippen molar-refractivity contribution in [1.29, 1.82) is 0 Å². The van der Waals surface area contributed by atoms with E-state index in [9.17, 15) is 5.11 Å². The Hall–Kier alpha value is -1.06. The summed E-state index contributed by atoms with van der Waals surface area (Å²) in [6.45, 7) is 8.33. The standard InChI is InChI=1S/C13H19NO2/c1-10-7-11(2)13(15)12(8-10)9-14-3-5-16-6-4-14/h7-8,15H,3-6,9H2,1-2H3. The van der Waals surface area contributed by atoms with Gasteiger partial charge in [0.1, 0.15) is 5.75 Å². The summed E-state index contributed by atoms with van der Waals surface area (Å²) in [7, 11) is 0. The van der Waals surface area contributed by atoms with Crippen LogP contribution in [0.1, 0.15) is 16.7 Å². The molecule has 1 fully saturated rings. The molecule has 0 atom stereocenters. The normalized spacial score (nSPS) is 17.6. The Bertz CT molecular complexity index is 370. The molecule has 88 valence electrons. The molecule has 1 aromatic carbocycles. The van der Waals surface area contributed by atoms with Crippen LogP contribution >= 0.6 is 0 Å². The minimum absolute atomic E-state index is 0.442. The lowest BCUT2D eigenvalue weighted by atomic mass is 10.1. The first-order valence-electron chi connectivity index (χ1n) is 5.76. The Kier molecular flexibility index (Phi) is 3.46. The minimum atomic E-state index is 0.442. The molecule has 3 nitrogen and oxygen atoms in total. The molecule has 1 heterocycles. The molecule has 1 N–H and O–H groups in total. The molecule has 0 aromatic heterocycles. The highest BCUT2D eigenvalue weighted by atomic mass is 16.5. The van der Waals surface area contributed by atoms with E-state index in [4.69, 9.17) is 4.74 Å². The van der Waals surface area contributed by atoms with Crippen molar-refractivity contribution >= 4 is 0 Å². The van der Waals surface area contributed by atoms with Crippen molar-refractivity contribution in [2.75, 3.05) is 26.3 Å². The highest BCUT2D eigenvalue weighted by Gasteiger charge is 2.13. The third-order valence-electron chi connectivity index (χ3n) is 3.02. The SMILES string of the molecule is Cc1cc(C)c(O)c(CN2CCOCC2)c1. The summed E-state index contributed by atoms with van der Waals surface area (Å²) in [5.41, 5.74) is 3.20. The molecular weight excluding hydrogens is 202 g/mol. The van der Waals surface area contributed by atoms with Gasteiger partial charge in [0.2, 0.25) is 0 Å². The molecule has 0 saturated carbocycles. The minimum Gasteiger partial charge on any atom is -0.507 e. The second-order valence-electron chi connectivity index (χ2n) is 4.48. The second-order valence-corrected chi connectivity index (χ2v) is 4.48. The lowest BCUT2D eigenvalue weighted by molar-refractivity contribution is 0.0338. The van der Waals surface area contributed by atoms with Crippen LogP contribution in [-0.4, -0.2) is 36.3 Å². The van der Waals surface area contributed by atoms with Gasteiger partial charge in [0.15, 0.2) is 0 Å². The fourth-order valence-corrected chi connectivity index (χ4v) is 2.17. The van der Waals surface area contributed by atoms with Gasteiger partial charge >= 0.3 is 0 Å². The molecule has 1 aromatic rings. The average molecular weight is 221 g/mol. The van der Waals surface area contributed by atoms with Crippen LogP contribution in [-0.2, 0) is 11.3 Å². The van der Waals surface area contributed by atoms with Gasteiger partial charge in [0.05, 0.1) is 13.2 Å². The van der Waals surface area contributed by atoms with E-state index in [1.165, 1.54) is 5.56 Å². The smallest absolute Gasteiger partial charge is 0.122 e. The van der Waals surface area contributed by atoms with Crippen LogP contribution < -0.4 is 0 Å². The summed E-state index contributed by atoms with van der Waals surface area (Å²) in [5, 5.41) is 9.99. The van der Waals surface area contributed by atoms with Crippen LogP contribution in [0.15, 0.2) is 12.1 Å². The van der Waals surface area contributed by atoms with Crippen LogP contribution in [0, 0.1) is 13.8 Å². The van der Waals surface area contributed by atoms with Gasteiger partial charge in [0, 0.05) is 25.2 Å². The quantitative estimate of drug-likeness (QED) is 0.827. The Balaban J connectivity index is 2.13. The van der Waals surface area contributed by atoms with E-state index in [1.807, 2.05) is 13.0 Å². The molecule has 0 unspecified atom stereocenters. The van der Waals surface area contributed by atoms with Crippen molar-refractivity contribution < 1.29 is 9.84 Å². The second kappa shape index (κ2) is 4.85. The molecule has 2 rings (SSSR count). The first-order valence-corrected chi connectivity index (χ1v) is 5.76. The van der Waals surface area contributed by atoms with Crippen LogP contribution in [0.3, 0.4) is 0 Å². The van der Waals surface area contributed by atoms with Crippen molar-refractivity contribution in [3.8, 4) is 5.75 Å². The first-order chi connectivity index (χ1) is 7.66. The maximum atomic E-state index is 9.99. The Morgan fingerprint density at radius 1 is 1.25 bits per heavy atom. The number of aromatic hydroxyl groups is 1. The zero-order valence-electron chi connectivity index (χ0n) is 9.99. The fraction of sp³-hybridized carbons (Fsp3) is 0.538. The molecule has 1 aliphatic rings. The molecule has 0 spiro atoms.